The Balaban J connectivity index is 2.02. The fraction of sp³-hybridized carbons (Fsp3) is 0.308. The number of aromatic nitrogens is 1. The van der Waals surface area contributed by atoms with Crippen molar-refractivity contribution in [1.82, 2.24) is 9.30 Å². The minimum atomic E-state index is 0.172. The van der Waals surface area contributed by atoms with Gasteiger partial charge in [0.05, 0.1) is 11.1 Å². The van der Waals surface area contributed by atoms with E-state index in [1.807, 2.05) is 46.0 Å². The molecule has 0 aliphatic carbocycles. The smallest absolute Gasteiger partial charge is 0.256 e. The fourth-order valence-electron chi connectivity index (χ4n) is 2.33. The zero-order valence-corrected chi connectivity index (χ0v) is 9.10. The molecule has 1 aliphatic rings. The SMILES string of the molecule is O=C(c1ccn2ccccc12)N1CCCC1. The van der Waals surface area contributed by atoms with Crippen LogP contribution in [-0.2, 0) is 0 Å². The second-order valence-corrected chi connectivity index (χ2v) is 4.22. The van der Waals surface area contributed by atoms with Crippen molar-refractivity contribution in [2.45, 2.75) is 12.8 Å². The van der Waals surface area contributed by atoms with E-state index in [-0.39, 0.29) is 5.91 Å². The first-order valence-corrected chi connectivity index (χ1v) is 5.71. The van der Waals surface area contributed by atoms with E-state index < -0.39 is 0 Å². The van der Waals surface area contributed by atoms with Gasteiger partial charge in [-0.05, 0) is 31.0 Å². The maximum Gasteiger partial charge on any atom is 0.256 e. The molecule has 0 N–H and O–H groups in total. The largest absolute Gasteiger partial charge is 0.339 e. The molecule has 82 valence electrons. The highest BCUT2D eigenvalue weighted by atomic mass is 16.2. The summed E-state index contributed by atoms with van der Waals surface area (Å²) in [6, 6.07) is 7.84. The van der Waals surface area contributed by atoms with Gasteiger partial charge < -0.3 is 9.30 Å². The molecule has 0 bridgehead atoms. The first-order valence-electron chi connectivity index (χ1n) is 5.71. The number of fused-ring (bicyclic) bond motifs is 1. The lowest BCUT2D eigenvalue weighted by molar-refractivity contribution is 0.0795. The van der Waals surface area contributed by atoms with Crippen molar-refractivity contribution < 1.29 is 4.79 Å². The maximum absolute atomic E-state index is 12.2. The van der Waals surface area contributed by atoms with Crippen LogP contribution in [0.4, 0.5) is 0 Å². The molecule has 3 heteroatoms. The number of carbonyl (C=O) groups is 1. The Kier molecular flexibility index (Phi) is 2.17. The molecule has 1 saturated heterocycles. The normalized spacial score (nSPS) is 15.9. The van der Waals surface area contributed by atoms with Crippen LogP contribution in [0.25, 0.3) is 5.52 Å². The molecular formula is C13H14N2O. The van der Waals surface area contributed by atoms with Crippen LogP contribution in [-0.4, -0.2) is 28.3 Å². The van der Waals surface area contributed by atoms with Gasteiger partial charge in [-0.25, -0.2) is 0 Å². The Morgan fingerprint density at radius 1 is 1.06 bits per heavy atom. The first kappa shape index (κ1) is 9.46. The van der Waals surface area contributed by atoms with E-state index in [0.717, 1.165) is 37.0 Å². The van der Waals surface area contributed by atoms with Crippen molar-refractivity contribution in [2.24, 2.45) is 0 Å². The molecular weight excluding hydrogens is 200 g/mol. The van der Waals surface area contributed by atoms with Crippen LogP contribution >= 0.6 is 0 Å². The topological polar surface area (TPSA) is 24.7 Å². The third kappa shape index (κ3) is 1.40. The summed E-state index contributed by atoms with van der Waals surface area (Å²) in [5.41, 5.74) is 1.82. The molecule has 0 unspecified atom stereocenters. The zero-order chi connectivity index (χ0) is 11.0. The number of carbonyl (C=O) groups excluding carboxylic acids is 1. The maximum atomic E-state index is 12.2. The van der Waals surface area contributed by atoms with Gasteiger partial charge in [-0.3, -0.25) is 4.79 Å². The van der Waals surface area contributed by atoms with Crippen molar-refractivity contribution in [3.05, 3.63) is 42.2 Å². The van der Waals surface area contributed by atoms with Crippen LogP contribution in [0.2, 0.25) is 0 Å². The van der Waals surface area contributed by atoms with E-state index in [9.17, 15) is 4.79 Å². The van der Waals surface area contributed by atoms with Crippen LogP contribution in [0.1, 0.15) is 23.2 Å². The number of hydrogen-bond donors (Lipinski definition) is 0. The van der Waals surface area contributed by atoms with Crippen LogP contribution < -0.4 is 0 Å². The van der Waals surface area contributed by atoms with Crippen molar-refractivity contribution >= 4 is 11.4 Å². The summed E-state index contributed by atoms with van der Waals surface area (Å²) in [4.78, 5) is 14.2. The highest BCUT2D eigenvalue weighted by Gasteiger charge is 2.21. The molecule has 0 spiro atoms. The Morgan fingerprint density at radius 2 is 1.88 bits per heavy atom. The van der Waals surface area contributed by atoms with Crippen molar-refractivity contribution in [2.75, 3.05) is 13.1 Å². The number of hydrogen-bond acceptors (Lipinski definition) is 1. The molecule has 3 heterocycles. The van der Waals surface area contributed by atoms with Gasteiger partial charge in [0.15, 0.2) is 0 Å². The molecule has 0 radical (unpaired) electrons. The van der Waals surface area contributed by atoms with Gasteiger partial charge in [-0.2, -0.15) is 0 Å². The van der Waals surface area contributed by atoms with Crippen LogP contribution in [0.15, 0.2) is 36.7 Å². The standard InChI is InChI=1S/C13H14N2O/c16-13(15-8-3-4-9-15)11-6-10-14-7-2-1-5-12(11)14/h1-2,5-7,10H,3-4,8-9H2. The molecule has 3 rings (SSSR count). The molecule has 1 fully saturated rings. The molecule has 1 amide bonds. The van der Waals surface area contributed by atoms with E-state index in [1.165, 1.54) is 0 Å². The second-order valence-electron chi connectivity index (χ2n) is 4.22. The third-order valence-electron chi connectivity index (χ3n) is 3.19. The second kappa shape index (κ2) is 3.67. The molecule has 2 aromatic rings. The van der Waals surface area contributed by atoms with E-state index in [4.69, 9.17) is 0 Å². The van der Waals surface area contributed by atoms with Crippen LogP contribution in [0.5, 0.6) is 0 Å². The molecule has 3 nitrogen and oxygen atoms in total. The Hall–Kier alpha value is -1.77. The average molecular weight is 214 g/mol. The Labute approximate surface area is 94.3 Å². The molecule has 16 heavy (non-hydrogen) atoms. The Bertz CT molecular complexity index is 523. The molecule has 2 aromatic heterocycles. The van der Waals surface area contributed by atoms with Gasteiger partial charge >= 0.3 is 0 Å². The molecule has 0 atom stereocenters. The summed E-state index contributed by atoms with van der Waals surface area (Å²) in [6.45, 7) is 1.81. The number of rotatable bonds is 1. The van der Waals surface area contributed by atoms with Crippen molar-refractivity contribution in [3.8, 4) is 0 Å². The Morgan fingerprint density at radius 3 is 2.69 bits per heavy atom. The van der Waals surface area contributed by atoms with E-state index in [1.54, 1.807) is 0 Å². The molecule has 0 saturated carbocycles. The van der Waals surface area contributed by atoms with Crippen LogP contribution in [0.3, 0.4) is 0 Å². The van der Waals surface area contributed by atoms with Gasteiger partial charge in [0.25, 0.3) is 5.91 Å². The van der Waals surface area contributed by atoms with E-state index in [2.05, 4.69) is 0 Å². The highest BCUT2D eigenvalue weighted by Crippen LogP contribution is 2.17. The lowest BCUT2D eigenvalue weighted by Gasteiger charge is -2.14. The average Bonchev–Trinajstić information content (AvgIpc) is 2.98. The third-order valence-corrected chi connectivity index (χ3v) is 3.19. The van der Waals surface area contributed by atoms with Crippen LogP contribution in [0, 0.1) is 0 Å². The highest BCUT2D eigenvalue weighted by molar-refractivity contribution is 6.01. The van der Waals surface area contributed by atoms with Crippen molar-refractivity contribution in [1.29, 1.82) is 0 Å². The number of pyridine rings is 1. The fourth-order valence-corrected chi connectivity index (χ4v) is 2.33. The molecule has 0 aromatic carbocycles. The predicted octanol–water partition coefficient (Wildman–Crippen LogP) is 2.18. The lowest BCUT2D eigenvalue weighted by Crippen LogP contribution is -2.27. The van der Waals surface area contributed by atoms with Gasteiger partial charge in [-0.1, -0.05) is 6.07 Å². The summed E-state index contributed by atoms with van der Waals surface area (Å²) in [5.74, 6) is 0.172. The summed E-state index contributed by atoms with van der Waals surface area (Å²) in [6.07, 6.45) is 6.18. The van der Waals surface area contributed by atoms with Gasteiger partial charge in [0.1, 0.15) is 0 Å². The van der Waals surface area contributed by atoms with E-state index >= 15 is 0 Å². The van der Waals surface area contributed by atoms with Gasteiger partial charge in [-0.15, -0.1) is 0 Å². The van der Waals surface area contributed by atoms with Gasteiger partial charge in [0, 0.05) is 25.5 Å². The zero-order valence-electron chi connectivity index (χ0n) is 9.10. The summed E-state index contributed by atoms with van der Waals surface area (Å²) in [7, 11) is 0. The molecule has 1 aliphatic heterocycles. The quantitative estimate of drug-likeness (QED) is 0.714. The van der Waals surface area contributed by atoms with E-state index in [0.29, 0.717) is 0 Å². The summed E-state index contributed by atoms with van der Waals surface area (Å²) >= 11 is 0. The monoisotopic (exact) mass is 214 g/mol. The minimum Gasteiger partial charge on any atom is -0.339 e. The number of amides is 1. The summed E-state index contributed by atoms with van der Waals surface area (Å²) in [5, 5.41) is 0. The minimum absolute atomic E-state index is 0.172. The number of nitrogens with zero attached hydrogens (tertiary/aromatic N) is 2. The lowest BCUT2D eigenvalue weighted by atomic mass is 10.2. The number of likely N-dealkylation sites (tertiary alicyclic amines) is 1. The predicted molar refractivity (Wildman–Crippen MR) is 62.5 cm³/mol. The first-order chi connectivity index (χ1) is 7.86. The van der Waals surface area contributed by atoms with Crippen molar-refractivity contribution in [3.63, 3.8) is 0 Å². The summed E-state index contributed by atoms with van der Waals surface area (Å²) < 4.78 is 1.99. The van der Waals surface area contributed by atoms with Gasteiger partial charge in [0.2, 0.25) is 0 Å².